The van der Waals surface area contributed by atoms with Gasteiger partial charge in [0.2, 0.25) is 0 Å². The summed E-state index contributed by atoms with van der Waals surface area (Å²) in [5.41, 5.74) is 1.31. The molecule has 0 aliphatic heterocycles. The molecule has 0 bridgehead atoms. The predicted molar refractivity (Wildman–Crippen MR) is 88.9 cm³/mol. The number of nitrogens with one attached hydrogen (secondary N) is 2. The van der Waals surface area contributed by atoms with E-state index in [1.54, 1.807) is 0 Å². The standard InChI is InChI=1S/C18H28N2O2/c1-15(8-9-16-6-3-2-4-7-16)20-18(21)19-12-5-13-22-14-17-10-11-17/h2-4,6-7,15,17H,5,8-14H2,1H3,(H2,19,20,21). The Labute approximate surface area is 133 Å². The smallest absolute Gasteiger partial charge is 0.314 e. The van der Waals surface area contributed by atoms with Crippen molar-refractivity contribution in [1.29, 1.82) is 0 Å². The van der Waals surface area contributed by atoms with E-state index in [-0.39, 0.29) is 12.1 Å². The molecule has 2 amide bonds. The predicted octanol–water partition coefficient (Wildman–Crippen LogP) is 3.12. The average Bonchev–Trinajstić information content (AvgIpc) is 3.34. The highest BCUT2D eigenvalue weighted by molar-refractivity contribution is 5.74. The molecule has 2 N–H and O–H groups in total. The van der Waals surface area contributed by atoms with Gasteiger partial charge >= 0.3 is 6.03 Å². The Morgan fingerprint density at radius 3 is 2.82 bits per heavy atom. The molecule has 0 heterocycles. The molecule has 1 aliphatic carbocycles. The van der Waals surface area contributed by atoms with E-state index in [9.17, 15) is 4.79 Å². The van der Waals surface area contributed by atoms with Crippen LogP contribution in [0.2, 0.25) is 0 Å². The summed E-state index contributed by atoms with van der Waals surface area (Å²) in [6.45, 7) is 4.34. The van der Waals surface area contributed by atoms with Crippen LogP contribution >= 0.6 is 0 Å². The van der Waals surface area contributed by atoms with Crippen LogP contribution in [0.3, 0.4) is 0 Å². The van der Waals surface area contributed by atoms with Gasteiger partial charge in [-0.2, -0.15) is 0 Å². The number of carbonyl (C=O) groups excluding carboxylic acids is 1. The molecule has 0 aromatic heterocycles. The third-order valence-electron chi connectivity index (χ3n) is 3.89. The molecule has 0 radical (unpaired) electrons. The van der Waals surface area contributed by atoms with Crippen LogP contribution in [-0.2, 0) is 11.2 Å². The second kappa shape index (κ2) is 9.46. The minimum absolute atomic E-state index is 0.0808. The van der Waals surface area contributed by atoms with Gasteiger partial charge in [0.25, 0.3) is 0 Å². The number of amides is 2. The lowest BCUT2D eigenvalue weighted by Crippen LogP contribution is -2.41. The van der Waals surface area contributed by atoms with Crippen LogP contribution in [0.5, 0.6) is 0 Å². The van der Waals surface area contributed by atoms with Gasteiger partial charge in [-0.1, -0.05) is 30.3 Å². The van der Waals surface area contributed by atoms with Crippen LogP contribution < -0.4 is 10.6 Å². The Kier molecular flexibility index (Phi) is 7.23. The van der Waals surface area contributed by atoms with Gasteiger partial charge in [0.1, 0.15) is 0 Å². The van der Waals surface area contributed by atoms with Crippen LogP contribution in [0.4, 0.5) is 4.79 Å². The Bertz CT molecular complexity index is 432. The zero-order chi connectivity index (χ0) is 15.6. The van der Waals surface area contributed by atoms with Crippen molar-refractivity contribution in [2.75, 3.05) is 19.8 Å². The number of aryl methyl sites for hydroxylation is 1. The fraction of sp³-hybridized carbons (Fsp3) is 0.611. The second-order valence-corrected chi connectivity index (χ2v) is 6.20. The molecule has 1 aromatic rings. The van der Waals surface area contributed by atoms with Gasteiger partial charge in [-0.05, 0) is 50.5 Å². The Morgan fingerprint density at radius 2 is 2.09 bits per heavy atom. The number of carbonyl (C=O) groups is 1. The first-order valence-electron chi connectivity index (χ1n) is 8.40. The first-order valence-corrected chi connectivity index (χ1v) is 8.40. The van der Waals surface area contributed by atoms with E-state index in [0.717, 1.165) is 38.4 Å². The molecular weight excluding hydrogens is 276 g/mol. The summed E-state index contributed by atoms with van der Waals surface area (Å²) >= 11 is 0. The molecule has 1 aromatic carbocycles. The summed E-state index contributed by atoms with van der Waals surface area (Å²) in [7, 11) is 0. The molecule has 1 fully saturated rings. The van der Waals surface area contributed by atoms with Gasteiger partial charge in [0, 0.05) is 25.8 Å². The Balaban J connectivity index is 1.46. The normalized spacial score (nSPS) is 15.3. The van der Waals surface area contributed by atoms with Crippen LogP contribution in [0, 0.1) is 5.92 Å². The van der Waals surface area contributed by atoms with Gasteiger partial charge in [-0.3, -0.25) is 0 Å². The quantitative estimate of drug-likeness (QED) is 0.653. The van der Waals surface area contributed by atoms with E-state index in [2.05, 4.69) is 22.8 Å². The maximum atomic E-state index is 11.8. The van der Waals surface area contributed by atoms with E-state index in [0.29, 0.717) is 6.54 Å². The SMILES string of the molecule is CC(CCc1ccccc1)NC(=O)NCCCOCC1CC1. The first-order chi connectivity index (χ1) is 10.7. The highest BCUT2D eigenvalue weighted by Gasteiger charge is 2.20. The molecule has 0 saturated heterocycles. The van der Waals surface area contributed by atoms with Gasteiger partial charge in [0.15, 0.2) is 0 Å². The van der Waals surface area contributed by atoms with Crippen molar-refractivity contribution in [3.05, 3.63) is 35.9 Å². The summed E-state index contributed by atoms with van der Waals surface area (Å²) in [6.07, 6.45) is 5.45. The molecule has 1 atom stereocenters. The number of hydrogen-bond donors (Lipinski definition) is 2. The lowest BCUT2D eigenvalue weighted by atomic mass is 10.1. The third-order valence-corrected chi connectivity index (χ3v) is 3.89. The average molecular weight is 304 g/mol. The van der Waals surface area contributed by atoms with E-state index >= 15 is 0 Å². The molecule has 1 unspecified atom stereocenters. The maximum absolute atomic E-state index is 11.8. The summed E-state index contributed by atoms with van der Waals surface area (Å²) < 4.78 is 5.54. The van der Waals surface area contributed by atoms with Gasteiger partial charge in [-0.15, -0.1) is 0 Å². The summed E-state index contributed by atoms with van der Waals surface area (Å²) in [5.74, 6) is 0.807. The van der Waals surface area contributed by atoms with Crippen LogP contribution in [-0.4, -0.2) is 31.8 Å². The molecule has 22 heavy (non-hydrogen) atoms. The minimum atomic E-state index is -0.0808. The van der Waals surface area contributed by atoms with Crippen LogP contribution in [0.1, 0.15) is 38.2 Å². The van der Waals surface area contributed by atoms with Crippen molar-refractivity contribution in [2.45, 2.75) is 45.1 Å². The van der Waals surface area contributed by atoms with Crippen molar-refractivity contribution in [1.82, 2.24) is 10.6 Å². The van der Waals surface area contributed by atoms with E-state index in [1.807, 2.05) is 25.1 Å². The van der Waals surface area contributed by atoms with Crippen molar-refractivity contribution >= 4 is 6.03 Å². The maximum Gasteiger partial charge on any atom is 0.314 e. The van der Waals surface area contributed by atoms with Gasteiger partial charge < -0.3 is 15.4 Å². The largest absolute Gasteiger partial charge is 0.381 e. The first kappa shape index (κ1) is 16.8. The monoisotopic (exact) mass is 304 g/mol. The van der Waals surface area contributed by atoms with Crippen LogP contribution in [0.25, 0.3) is 0 Å². The molecule has 1 saturated carbocycles. The number of ether oxygens (including phenoxy) is 1. The molecule has 1 aliphatic rings. The Hall–Kier alpha value is -1.55. The molecule has 4 nitrogen and oxygen atoms in total. The number of hydrogen-bond acceptors (Lipinski definition) is 2. The van der Waals surface area contributed by atoms with Gasteiger partial charge in [0.05, 0.1) is 0 Å². The minimum Gasteiger partial charge on any atom is -0.381 e. The van der Waals surface area contributed by atoms with Crippen molar-refractivity contribution < 1.29 is 9.53 Å². The molecular formula is C18H28N2O2. The lowest BCUT2D eigenvalue weighted by molar-refractivity contribution is 0.122. The van der Waals surface area contributed by atoms with Crippen molar-refractivity contribution in [3.63, 3.8) is 0 Å². The van der Waals surface area contributed by atoms with Gasteiger partial charge in [-0.25, -0.2) is 4.79 Å². The highest BCUT2D eigenvalue weighted by atomic mass is 16.5. The van der Waals surface area contributed by atoms with Crippen LogP contribution in [0.15, 0.2) is 30.3 Å². The summed E-state index contributed by atoms with van der Waals surface area (Å²) in [4.78, 5) is 11.8. The fourth-order valence-corrected chi connectivity index (χ4v) is 2.29. The zero-order valence-electron chi connectivity index (χ0n) is 13.5. The van der Waals surface area contributed by atoms with E-state index < -0.39 is 0 Å². The number of rotatable bonds is 10. The Morgan fingerprint density at radius 1 is 1.32 bits per heavy atom. The second-order valence-electron chi connectivity index (χ2n) is 6.20. The topological polar surface area (TPSA) is 50.4 Å². The van der Waals surface area contributed by atoms with E-state index in [1.165, 1.54) is 18.4 Å². The molecule has 4 heteroatoms. The number of benzene rings is 1. The van der Waals surface area contributed by atoms with Crippen molar-refractivity contribution in [2.24, 2.45) is 5.92 Å². The highest BCUT2D eigenvalue weighted by Crippen LogP contribution is 2.28. The summed E-state index contributed by atoms with van der Waals surface area (Å²) in [5, 5.41) is 5.86. The fourth-order valence-electron chi connectivity index (χ4n) is 2.29. The zero-order valence-corrected chi connectivity index (χ0v) is 13.5. The van der Waals surface area contributed by atoms with E-state index in [4.69, 9.17) is 4.74 Å². The summed E-state index contributed by atoms with van der Waals surface area (Å²) in [6, 6.07) is 10.4. The molecule has 2 rings (SSSR count). The number of urea groups is 1. The third kappa shape index (κ3) is 7.46. The van der Waals surface area contributed by atoms with Crippen molar-refractivity contribution in [3.8, 4) is 0 Å². The molecule has 0 spiro atoms. The lowest BCUT2D eigenvalue weighted by Gasteiger charge is -2.14. The molecule has 122 valence electrons.